The summed E-state index contributed by atoms with van der Waals surface area (Å²) in [5.41, 5.74) is 0.677. The van der Waals surface area contributed by atoms with Crippen LogP contribution in [-0.4, -0.2) is 67.4 Å². The highest BCUT2D eigenvalue weighted by Gasteiger charge is 2.25. The molecule has 0 saturated heterocycles. The zero-order chi connectivity index (χ0) is 21.8. The average Bonchev–Trinajstić information content (AvgIpc) is 2.74. The molecule has 0 N–H and O–H groups in total. The molecular formula is C22H36N2O5S. The van der Waals surface area contributed by atoms with Gasteiger partial charge in [-0.1, -0.05) is 13.8 Å². The normalized spacial score (nSPS) is 20.0. The molecule has 0 radical (unpaired) electrons. The van der Waals surface area contributed by atoms with Crippen LogP contribution in [0.1, 0.15) is 45.2 Å². The first-order chi connectivity index (χ1) is 14.6. The molecule has 170 valence electrons. The number of hydrogen-bond donors (Lipinski definition) is 0. The van der Waals surface area contributed by atoms with Gasteiger partial charge in [0.05, 0.1) is 18.2 Å². The number of carbonyl (C=O) groups excluding carboxylic acids is 1. The summed E-state index contributed by atoms with van der Waals surface area (Å²) in [5, 5.41) is 0. The maximum atomic E-state index is 13.0. The summed E-state index contributed by atoms with van der Waals surface area (Å²) in [5.74, 6) is 3.03. The Morgan fingerprint density at radius 3 is 2.70 bits per heavy atom. The van der Waals surface area contributed by atoms with E-state index < -0.39 is 6.23 Å². The van der Waals surface area contributed by atoms with Gasteiger partial charge in [-0.3, -0.25) is 14.7 Å². The molecule has 30 heavy (non-hydrogen) atoms. The maximum absolute atomic E-state index is 13.0. The lowest BCUT2D eigenvalue weighted by Crippen LogP contribution is -2.45. The van der Waals surface area contributed by atoms with Crippen LogP contribution in [0.5, 0.6) is 5.75 Å². The lowest BCUT2D eigenvalue weighted by atomic mass is 9.89. The predicted molar refractivity (Wildman–Crippen MR) is 118 cm³/mol. The number of carbonyl (C=O) groups is 1. The third-order valence-corrected chi connectivity index (χ3v) is 6.09. The Hall–Kier alpha value is -1.35. The zero-order valence-corrected chi connectivity index (χ0v) is 19.5. The van der Waals surface area contributed by atoms with Crippen molar-refractivity contribution in [2.45, 2.75) is 58.3 Å². The standard InChI is InChI=1S/C22H36N2O5S/c1-5-30-14-22(28-16-27-4)24(15-26-3)21(25)13-18-12-20(10-11-23-18)29-19-8-6-17(2)7-9-19/h10-12,17,19,22H,5-9,13-16H2,1-4H3/t17-,19-,22-/m1/s1. The lowest BCUT2D eigenvalue weighted by Gasteiger charge is -2.30. The Bertz CT molecular complexity index is 617. The van der Waals surface area contributed by atoms with Crippen molar-refractivity contribution in [3.8, 4) is 5.75 Å². The SMILES string of the molecule is CCSC[C@@H](OCOC)N(COC)C(=O)Cc1cc(O[C@H]2CC[C@H](C)CC2)ccn1. The third kappa shape index (κ3) is 8.41. The Morgan fingerprint density at radius 2 is 2.03 bits per heavy atom. The molecule has 1 aromatic heterocycles. The Labute approximate surface area is 184 Å². The molecule has 1 heterocycles. The summed E-state index contributed by atoms with van der Waals surface area (Å²) in [6.45, 7) is 4.63. The van der Waals surface area contributed by atoms with E-state index in [2.05, 4.69) is 18.8 Å². The molecule has 1 aliphatic carbocycles. The first-order valence-electron chi connectivity index (χ1n) is 10.7. The van der Waals surface area contributed by atoms with E-state index in [1.54, 1.807) is 37.1 Å². The number of ether oxygens (including phenoxy) is 4. The molecule has 0 aromatic carbocycles. The van der Waals surface area contributed by atoms with Crippen LogP contribution in [0.25, 0.3) is 0 Å². The van der Waals surface area contributed by atoms with Gasteiger partial charge in [0, 0.05) is 32.2 Å². The van der Waals surface area contributed by atoms with E-state index in [-0.39, 0.29) is 32.0 Å². The number of hydrogen-bond acceptors (Lipinski definition) is 7. The molecule has 1 saturated carbocycles. The lowest BCUT2D eigenvalue weighted by molar-refractivity contribution is -0.167. The maximum Gasteiger partial charge on any atom is 0.232 e. The Balaban J connectivity index is 2.01. The summed E-state index contributed by atoms with van der Waals surface area (Å²) in [6.07, 6.45) is 6.24. The third-order valence-electron chi connectivity index (χ3n) is 5.16. The van der Waals surface area contributed by atoms with Gasteiger partial charge < -0.3 is 18.9 Å². The van der Waals surface area contributed by atoms with Crippen LogP contribution in [0.3, 0.4) is 0 Å². The minimum Gasteiger partial charge on any atom is -0.490 e. The topological polar surface area (TPSA) is 70.1 Å². The van der Waals surface area contributed by atoms with Gasteiger partial charge in [-0.2, -0.15) is 11.8 Å². The summed E-state index contributed by atoms with van der Waals surface area (Å²) < 4.78 is 22.2. The molecule has 0 spiro atoms. The van der Waals surface area contributed by atoms with Crippen molar-refractivity contribution in [3.05, 3.63) is 24.0 Å². The van der Waals surface area contributed by atoms with Gasteiger partial charge >= 0.3 is 0 Å². The van der Waals surface area contributed by atoms with E-state index in [9.17, 15) is 4.79 Å². The van der Waals surface area contributed by atoms with E-state index >= 15 is 0 Å². The molecule has 1 aromatic rings. The quantitative estimate of drug-likeness (QED) is 0.433. The number of amides is 1. The molecule has 1 aliphatic rings. The summed E-state index contributed by atoms with van der Waals surface area (Å²) >= 11 is 1.70. The number of pyridine rings is 1. The number of aromatic nitrogens is 1. The van der Waals surface area contributed by atoms with Crippen molar-refractivity contribution >= 4 is 17.7 Å². The molecule has 2 rings (SSSR count). The van der Waals surface area contributed by atoms with Crippen LogP contribution in [0.2, 0.25) is 0 Å². The second kappa shape index (κ2) is 13.9. The molecule has 0 aliphatic heterocycles. The van der Waals surface area contributed by atoms with Crippen LogP contribution in [-0.2, 0) is 25.4 Å². The van der Waals surface area contributed by atoms with Crippen molar-refractivity contribution in [1.82, 2.24) is 9.88 Å². The predicted octanol–water partition coefficient (Wildman–Crippen LogP) is 3.71. The zero-order valence-electron chi connectivity index (χ0n) is 18.7. The summed E-state index contributed by atoms with van der Waals surface area (Å²) in [4.78, 5) is 19.0. The fourth-order valence-corrected chi connectivity index (χ4v) is 4.18. The van der Waals surface area contributed by atoms with E-state index in [1.807, 2.05) is 12.1 Å². The van der Waals surface area contributed by atoms with E-state index in [0.717, 1.165) is 30.3 Å². The van der Waals surface area contributed by atoms with Gasteiger partial charge in [-0.15, -0.1) is 0 Å². The second-order valence-electron chi connectivity index (χ2n) is 7.63. The molecular weight excluding hydrogens is 404 g/mol. The minimum absolute atomic E-state index is 0.106. The fourth-order valence-electron chi connectivity index (χ4n) is 3.47. The van der Waals surface area contributed by atoms with Gasteiger partial charge in [0.25, 0.3) is 0 Å². The molecule has 8 heteroatoms. The van der Waals surface area contributed by atoms with E-state index in [0.29, 0.717) is 11.4 Å². The van der Waals surface area contributed by atoms with Crippen molar-refractivity contribution in [3.63, 3.8) is 0 Å². The van der Waals surface area contributed by atoms with Crippen LogP contribution < -0.4 is 4.74 Å². The van der Waals surface area contributed by atoms with Crippen LogP contribution in [0, 0.1) is 5.92 Å². The molecule has 7 nitrogen and oxygen atoms in total. The molecule has 1 amide bonds. The van der Waals surface area contributed by atoms with Gasteiger partial charge in [-0.05, 0) is 43.4 Å². The number of thioether (sulfide) groups is 1. The van der Waals surface area contributed by atoms with Gasteiger partial charge in [-0.25, -0.2) is 0 Å². The number of methoxy groups -OCH3 is 2. The monoisotopic (exact) mass is 440 g/mol. The van der Waals surface area contributed by atoms with Gasteiger partial charge in [0.2, 0.25) is 5.91 Å². The summed E-state index contributed by atoms with van der Waals surface area (Å²) in [6, 6.07) is 3.73. The average molecular weight is 441 g/mol. The number of nitrogens with zero attached hydrogens (tertiary/aromatic N) is 2. The van der Waals surface area contributed by atoms with Crippen molar-refractivity contribution < 1.29 is 23.7 Å². The van der Waals surface area contributed by atoms with Gasteiger partial charge in [0.15, 0.2) is 0 Å². The Morgan fingerprint density at radius 1 is 1.27 bits per heavy atom. The van der Waals surface area contributed by atoms with Crippen LogP contribution in [0.4, 0.5) is 0 Å². The smallest absolute Gasteiger partial charge is 0.232 e. The van der Waals surface area contributed by atoms with Crippen molar-refractivity contribution in [2.75, 3.05) is 39.2 Å². The molecule has 1 atom stereocenters. The highest BCUT2D eigenvalue weighted by atomic mass is 32.2. The fraction of sp³-hybridized carbons (Fsp3) is 0.727. The molecule has 0 unspecified atom stereocenters. The van der Waals surface area contributed by atoms with Crippen LogP contribution in [0.15, 0.2) is 18.3 Å². The second-order valence-corrected chi connectivity index (χ2v) is 8.95. The summed E-state index contributed by atoms with van der Waals surface area (Å²) in [7, 11) is 3.13. The molecule has 1 fully saturated rings. The number of rotatable bonds is 13. The largest absolute Gasteiger partial charge is 0.490 e. The van der Waals surface area contributed by atoms with Crippen molar-refractivity contribution in [1.29, 1.82) is 0 Å². The van der Waals surface area contributed by atoms with E-state index in [4.69, 9.17) is 18.9 Å². The first kappa shape index (κ1) is 24.9. The van der Waals surface area contributed by atoms with Crippen LogP contribution >= 0.6 is 11.8 Å². The highest BCUT2D eigenvalue weighted by molar-refractivity contribution is 7.99. The van der Waals surface area contributed by atoms with Gasteiger partial charge in [0.1, 0.15) is 25.5 Å². The highest BCUT2D eigenvalue weighted by Crippen LogP contribution is 2.27. The van der Waals surface area contributed by atoms with E-state index in [1.165, 1.54) is 12.8 Å². The first-order valence-corrected chi connectivity index (χ1v) is 11.8. The van der Waals surface area contributed by atoms with Crippen molar-refractivity contribution in [2.24, 2.45) is 5.92 Å². The molecule has 0 bridgehead atoms. The Kier molecular flexibility index (Phi) is 11.5. The minimum atomic E-state index is -0.425.